The average molecular weight is 291 g/mol. The van der Waals surface area contributed by atoms with Crippen molar-refractivity contribution in [2.45, 2.75) is 24.9 Å². The molecule has 1 heterocycles. The third kappa shape index (κ3) is 4.11. The van der Waals surface area contributed by atoms with Crippen molar-refractivity contribution < 1.29 is 9.72 Å². The number of hydrogen-bond acceptors (Lipinski definition) is 6. The summed E-state index contributed by atoms with van der Waals surface area (Å²) in [6.45, 7) is 3.65. The Labute approximate surface area is 112 Å². The highest BCUT2D eigenvalue weighted by molar-refractivity contribution is 8.00. The van der Waals surface area contributed by atoms with Crippen molar-refractivity contribution in [1.82, 2.24) is 15.3 Å². The molecule has 0 radical (unpaired) electrons. The van der Waals surface area contributed by atoms with Gasteiger partial charge in [-0.3, -0.25) is 14.9 Å². The first-order valence-electron chi connectivity index (χ1n) is 4.99. The van der Waals surface area contributed by atoms with E-state index in [4.69, 9.17) is 11.6 Å². The molecule has 1 aromatic heterocycles. The molecule has 0 aliphatic carbocycles. The molecular formula is C9H11ClN4O3S. The van der Waals surface area contributed by atoms with Crippen LogP contribution in [0.25, 0.3) is 0 Å². The lowest BCUT2D eigenvalue weighted by Gasteiger charge is -2.07. The summed E-state index contributed by atoms with van der Waals surface area (Å²) in [4.78, 5) is 28.8. The van der Waals surface area contributed by atoms with Crippen LogP contribution < -0.4 is 5.32 Å². The fraction of sp³-hybridized carbons (Fsp3) is 0.444. The van der Waals surface area contributed by atoms with E-state index in [1.165, 1.54) is 0 Å². The monoisotopic (exact) mass is 290 g/mol. The van der Waals surface area contributed by atoms with Crippen LogP contribution in [-0.4, -0.2) is 32.6 Å². The summed E-state index contributed by atoms with van der Waals surface area (Å²) < 4.78 is 0. The smallest absolute Gasteiger partial charge is 0.338 e. The second-order valence-electron chi connectivity index (χ2n) is 3.59. The summed E-state index contributed by atoms with van der Waals surface area (Å²) >= 11 is 6.57. The van der Waals surface area contributed by atoms with Crippen molar-refractivity contribution in [3.63, 3.8) is 0 Å². The average Bonchev–Trinajstić information content (AvgIpc) is 2.24. The van der Waals surface area contributed by atoms with Crippen LogP contribution >= 0.6 is 23.4 Å². The zero-order chi connectivity index (χ0) is 13.7. The summed E-state index contributed by atoms with van der Waals surface area (Å²) in [6, 6.07) is 0.0158. The zero-order valence-electron chi connectivity index (χ0n) is 9.71. The summed E-state index contributed by atoms with van der Waals surface area (Å²) in [5, 5.41) is 13.3. The first-order chi connectivity index (χ1) is 8.41. The summed E-state index contributed by atoms with van der Waals surface area (Å²) in [5.74, 6) is -0.189. The van der Waals surface area contributed by atoms with Crippen LogP contribution in [-0.2, 0) is 4.79 Å². The molecule has 0 aliphatic heterocycles. The molecule has 1 amide bonds. The number of carbonyl (C=O) groups excluding carboxylic acids is 1. The number of nitrogens with one attached hydrogen (secondary N) is 1. The maximum atomic E-state index is 11.4. The Morgan fingerprint density at radius 3 is 2.83 bits per heavy atom. The van der Waals surface area contributed by atoms with Crippen molar-refractivity contribution in [3.8, 4) is 0 Å². The maximum Gasteiger partial charge on any atom is 0.338 e. The fourth-order valence-corrected chi connectivity index (χ4v) is 2.14. The number of hydrogen-bond donors (Lipinski definition) is 1. The molecule has 9 heteroatoms. The Morgan fingerprint density at radius 1 is 1.61 bits per heavy atom. The predicted octanol–water partition coefficient (Wildman–Crippen LogP) is 1.65. The minimum Gasteiger partial charge on any atom is -0.353 e. The molecule has 1 rings (SSSR count). The maximum absolute atomic E-state index is 11.4. The Bertz CT molecular complexity index is 469. The number of thioether (sulfide) groups is 1. The van der Waals surface area contributed by atoms with Gasteiger partial charge >= 0.3 is 5.69 Å². The second-order valence-corrected chi connectivity index (χ2v) is 4.91. The number of nitro groups is 1. The minimum absolute atomic E-state index is 0.0158. The van der Waals surface area contributed by atoms with Gasteiger partial charge in [-0.25, -0.2) is 9.97 Å². The highest BCUT2D eigenvalue weighted by Gasteiger charge is 2.22. The SMILES string of the molecule is CC(C)NC(=O)CSc1ncnc(Cl)c1[N+](=O)[O-]. The first kappa shape index (κ1) is 14.7. The topological polar surface area (TPSA) is 98.0 Å². The van der Waals surface area contributed by atoms with Crippen molar-refractivity contribution in [2.75, 3.05) is 5.75 Å². The van der Waals surface area contributed by atoms with Crippen LogP contribution in [0.4, 0.5) is 5.69 Å². The number of carbonyl (C=O) groups is 1. The molecule has 0 atom stereocenters. The molecule has 98 valence electrons. The number of amides is 1. The molecule has 0 fully saturated rings. The van der Waals surface area contributed by atoms with Gasteiger partial charge in [-0.2, -0.15) is 0 Å². The van der Waals surface area contributed by atoms with E-state index in [2.05, 4.69) is 15.3 Å². The molecule has 0 aromatic carbocycles. The Kier molecular flexibility index (Phi) is 5.29. The summed E-state index contributed by atoms with van der Waals surface area (Å²) in [5.41, 5.74) is -0.374. The predicted molar refractivity (Wildman–Crippen MR) is 67.7 cm³/mol. The number of nitrogens with zero attached hydrogens (tertiary/aromatic N) is 3. The number of rotatable bonds is 5. The summed E-state index contributed by atoms with van der Waals surface area (Å²) in [7, 11) is 0. The van der Waals surface area contributed by atoms with E-state index < -0.39 is 4.92 Å². The van der Waals surface area contributed by atoms with Crippen LogP contribution in [0, 0.1) is 10.1 Å². The highest BCUT2D eigenvalue weighted by atomic mass is 35.5. The first-order valence-corrected chi connectivity index (χ1v) is 6.35. The molecule has 0 bridgehead atoms. The van der Waals surface area contributed by atoms with Gasteiger partial charge < -0.3 is 5.32 Å². The van der Waals surface area contributed by atoms with Gasteiger partial charge in [0.2, 0.25) is 11.1 Å². The zero-order valence-corrected chi connectivity index (χ0v) is 11.3. The molecule has 1 aromatic rings. The van der Waals surface area contributed by atoms with Gasteiger partial charge in [0.05, 0.1) is 10.7 Å². The van der Waals surface area contributed by atoms with E-state index >= 15 is 0 Å². The Balaban J connectivity index is 2.76. The lowest BCUT2D eigenvalue weighted by atomic mass is 10.4. The Morgan fingerprint density at radius 2 is 2.28 bits per heavy atom. The van der Waals surface area contributed by atoms with Crippen LogP contribution in [0.3, 0.4) is 0 Å². The molecule has 0 spiro atoms. The largest absolute Gasteiger partial charge is 0.353 e. The van der Waals surface area contributed by atoms with Crippen molar-refractivity contribution in [2.24, 2.45) is 0 Å². The molecule has 0 saturated heterocycles. The van der Waals surface area contributed by atoms with E-state index in [-0.39, 0.29) is 33.6 Å². The Hall–Kier alpha value is -1.41. The summed E-state index contributed by atoms with van der Waals surface area (Å²) in [6.07, 6.45) is 1.12. The number of aromatic nitrogens is 2. The molecule has 18 heavy (non-hydrogen) atoms. The molecule has 0 saturated carbocycles. The van der Waals surface area contributed by atoms with Gasteiger partial charge in [0.25, 0.3) is 0 Å². The third-order valence-corrected chi connectivity index (χ3v) is 2.97. The third-order valence-electron chi connectivity index (χ3n) is 1.72. The minimum atomic E-state index is -0.662. The second kappa shape index (κ2) is 6.50. The van der Waals surface area contributed by atoms with E-state index in [0.717, 1.165) is 18.1 Å². The van der Waals surface area contributed by atoms with Crippen LogP contribution in [0.15, 0.2) is 11.4 Å². The van der Waals surface area contributed by atoms with Gasteiger partial charge in [-0.1, -0.05) is 23.4 Å². The van der Waals surface area contributed by atoms with Crippen LogP contribution in [0.5, 0.6) is 0 Å². The van der Waals surface area contributed by atoms with Gasteiger partial charge in [0.1, 0.15) is 6.33 Å². The van der Waals surface area contributed by atoms with Crippen LogP contribution in [0.1, 0.15) is 13.8 Å². The molecular weight excluding hydrogens is 280 g/mol. The molecule has 0 aliphatic rings. The van der Waals surface area contributed by atoms with E-state index in [1.807, 2.05) is 13.8 Å². The lowest BCUT2D eigenvalue weighted by Crippen LogP contribution is -2.31. The van der Waals surface area contributed by atoms with Gasteiger partial charge in [0, 0.05) is 6.04 Å². The van der Waals surface area contributed by atoms with Gasteiger partial charge in [-0.15, -0.1) is 0 Å². The molecule has 1 N–H and O–H groups in total. The normalized spacial score (nSPS) is 10.4. The van der Waals surface area contributed by atoms with Gasteiger partial charge in [-0.05, 0) is 13.8 Å². The molecule has 7 nitrogen and oxygen atoms in total. The van der Waals surface area contributed by atoms with Gasteiger partial charge in [0.15, 0.2) is 5.03 Å². The molecule has 0 unspecified atom stereocenters. The standard InChI is InChI=1S/C9H11ClN4O3S/c1-5(2)13-6(15)3-18-9-7(14(16)17)8(10)11-4-12-9/h4-5H,3H2,1-2H3,(H,13,15). The van der Waals surface area contributed by atoms with Crippen LogP contribution in [0.2, 0.25) is 5.15 Å². The van der Waals surface area contributed by atoms with E-state index in [1.54, 1.807) is 0 Å². The van der Waals surface area contributed by atoms with Crippen molar-refractivity contribution in [1.29, 1.82) is 0 Å². The lowest BCUT2D eigenvalue weighted by molar-refractivity contribution is -0.388. The number of halogens is 1. The fourth-order valence-electron chi connectivity index (χ4n) is 1.10. The van der Waals surface area contributed by atoms with E-state index in [0.29, 0.717) is 0 Å². The van der Waals surface area contributed by atoms with Crippen molar-refractivity contribution >= 4 is 35.0 Å². The quantitative estimate of drug-likeness (QED) is 0.383. The van der Waals surface area contributed by atoms with Crippen molar-refractivity contribution in [3.05, 3.63) is 21.6 Å². The van der Waals surface area contributed by atoms with E-state index in [9.17, 15) is 14.9 Å². The highest BCUT2D eigenvalue weighted by Crippen LogP contribution is 2.31.